The number of H-pyrrole nitrogens is 1. The lowest BCUT2D eigenvalue weighted by molar-refractivity contribution is -0.0511. The molecule has 2 aliphatic heterocycles. The van der Waals surface area contributed by atoms with Gasteiger partial charge in [0.1, 0.15) is 24.0 Å². The molecular formula is C26H29N9O8. The van der Waals surface area contributed by atoms with Gasteiger partial charge in [0.05, 0.1) is 38.3 Å². The molecule has 226 valence electrons. The Morgan fingerprint density at radius 1 is 1.19 bits per heavy atom. The van der Waals surface area contributed by atoms with E-state index in [1.165, 1.54) is 18.0 Å². The molecule has 2 fully saturated rings. The van der Waals surface area contributed by atoms with E-state index in [1.807, 2.05) is 0 Å². The van der Waals surface area contributed by atoms with Crippen LogP contribution in [0.5, 0.6) is 0 Å². The standard InChI is InChI=1S/C26H29N9O8/c1-41-26(40)13-4-2-12(3-5-13)8-27-24(39)17-16(32-34-33-17)21-30-22(29-14-6-7-42-10-14)18-23(31-21)35(11-28-18)25-20(38)19(37)15(9-36)43-25/h2-5,11,14-15,19-20,25,36-38H,6-10H2,1H3,(H,27,39)(H,29,30,31)(H,32,33,34)/t14-,15-,19-,20-,25-/m1/s1. The number of hydrogen-bond donors (Lipinski definition) is 6. The van der Waals surface area contributed by atoms with Crippen LogP contribution < -0.4 is 10.6 Å². The molecule has 2 saturated heterocycles. The lowest BCUT2D eigenvalue weighted by Crippen LogP contribution is -2.33. The van der Waals surface area contributed by atoms with E-state index in [-0.39, 0.29) is 35.4 Å². The van der Waals surface area contributed by atoms with Gasteiger partial charge in [-0.25, -0.2) is 19.7 Å². The zero-order valence-electron chi connectivity index (χ0n) is 22.9. The number of ether oxygens (including phenoxy) is 3. The van der Waals surface area contributed by atoms with E-state index in [2.05, 4.69) is 41.0 Å². The molecule has 1 amide bonds. The minimum absolute atomic E-state index is 0.0555. The summed E-state index contributed by atoms with van der Waals surface area (Å²) in [6, 6.07) is 6.52. The zero-order valence-corrected chi connectivity index (χ0v) is 22.9. The summed E-state index contributed by atoms with van der Waals surface area (Å²) >= 11 is 0. The molecule has 1 aromatic carbocycles. The van der Waals surface area contributed by atoms with Gasteiger partial charge in [-0.1, -0.05) is 17.3 Å². The van der Waals surface area contributed by atoms with E-state index < -0.39 is 43.0 Å². The van der Waals surface area contributed by atoms with Crippen molar-refractivity contribution >= 4 is 28.9 Å². The molecule has 4 aromatic rings. The van der Waals surface area contributed by atoms with Crippen molar-refractivity contribution in [2.45, 2.75) is 43.5 Å². The van der Waals surface area contributed by atoms with Crippen LogP contribution in [0.4, 0.5) is 5.82 Å². The Labute approximate surface area is 243 Å². The summed E-state index contributed by atoms with van der Waals surface area (Å²) in [6.07, 6.45) is -2.68. The van der Waals surface area contributed by atoms with Crippen molar-refractivity contribution in [3.8, 4) is 11.5 Å². The number of nitrogens with one attached hydrogen (secondary N) is 3. The quantitative estimate of drug-likeness (QED) is 0.129. The van der Waals surface area contributed by atoms with Crippen molar-refractivity contribution in [1.29, 1.82) is 0 Å². The second kappa shape index (κ2) is 12.0. The van der Waals surface area contributed by atoms with Crippen LogP contribution in [-0.2, 0) is 20.8 Å². The fourth-order valence-electron chi connectivity index (χ4n) is 4.95. The van der Waals surface area contributed by atoms with Gasteiger partial charge < -0.3 is 40.2 Å². The van der Waals surface area contributed by atoms with Crippen molar-refractivity contribution in [3.05, 3.63) is 47.4 Å². The Morgan fingerprint density at radius 2 is 2.00 bits per heavy atom. The molecule has 43 heavy (non-hydrogen) atoms. The monoisotopic (exact) mass is 595 g/mol. The largest absolute Gasteiger partial charge is 0.465 e. The number of carbonyl (C=O) groups is 2. The lowest BCUT2D eigenvalue weighted by atomic mass is 10.1. The third-order valence-electron chi connectivity index (χ3n) is 7.30. The van der Waals surface area contributed by atoms with E-state index in [0.29, 0.717) is 30.1 Å². The number of aliphatic hydroxyl groups excluding tert-OH is 3. The van der Waals surface area contributed by atoms with Crippen LogP contribution in [0.25, 0.3) is 22.7 Å². The molecule has 0 bridgehead atoms. The number of benzene rings is 1. The number of nitrogens with zero attached hydrogens (tertiary/aromatic N) is 6. The fraction of sp³-hybridized carbons (Fsp3) is 0.423. The van der Waals surface area contributed by atoms with Crippen LogP contribution in [-0.4, -0.2) is 113 Å². The van der Waals surface area contributed by atoms with Crippen molar-refractivity contribution in [2.24, 2.45) is 0 Å². The number of hydrogen-bond acceptors (Lipinski definition) is 14. The summed E-state index contributed by atoms with van der Waals surface area (Å²) in [5, 5.41) is 47.0. The molecular weight excluding hydrogens is 566 g/mol. The van der Waals surface area contributed by atoms with Gasteiger partial charge in [0.15, 0.2) is 34.7 Å². The number of carbonyl (C=O) groups excluding carboxylic acids is 2. The summed E-state index contributed by atoms with van der Waals surface area (Å²) in [6.45, 7) is 0.676. The van der Waals surface area contributed by atoms with Crippen molar-refractivity contribution < 1.29 is 39.1 Å². The first-order chi connectivity index (χ1) is 20.9. The molecule has 17 nitrogen and oxygen atoms in total. The normalized spacial score (nSPS) is 23.5. The molecule has 0 aliphatic carbocycles. The highest BCUT2D eigenvalue weighted by Gasteiger charge is 2.44. The number of aromatic nitrogens is 7. The predicted octanol–water partition coefficient (Wildman–Crippen LogP) is -0.860. The number of methoxy groups -OCH3 is 1. The Morgan fingerprint density at radius 3 is 2.70 bits per heavy atom. The van der Waals surface area contributed by atoms with Crippen LogP contribution in [0.3, 0.4) is 0 Å². The second-order valence-corrected chi connectivity index (χ2v) is 10.1. The van der Waals surface area contributed by atoms with E-state index in [0.717, 1.165) is 12.0 Å². The Balaban J connectivity index is 1.31. The molecule has 0 unspecified atom stereocenters. The molecule has 6 N–H and O–H groups in total. The molecule has 3 aromatic heterocycles. The van der Waals surface area contributed by atoms with Crippen molar-refractivity contribution in [1.82, 2.24) is 40.2 Å². The van der Waals surface area contributed by atoms with E-state index in [4.69, 9.17) is 14.2 Å². The van der Waals surface area contributed by atoms with Gasteiger partial charge in [0, 0.05) is 13.2 Å². The molecule has 0 saturated carbocycles. The number of anilines is 1. The SMILES string of the molecule is COC(=O)c1ccc(CNC(=O)c2nn[nH]c2-c2nc(N[C@@H]3CCOC3)c3ncn([C@@H]4O[C@H](CO)[C@@H](O)[C@H]4O)c3n2)cc1. The fourth-order valence-corrected chi connectivity index (χ4v) is 4.95. The summed E-state index contributed by atoms with van der Waals surface area (Å²) in [5.41, 5.74) is 1.75. The van der Waals surface area contributed by atoms with Gasteiger partial charge in [-0.3, -0.25) is 14.5 Å². The average molecular weight is 596 g/mol. The highest BCUT2D eigenvalue weighted by atomic mass is 16.6. The van der Waals surface area contributed by atoms with Crippen LogP contribution in [0.2, 0.25) is 0 Å². The summed E-state index contributed by atoms with van der Waals surface area (Å²) in [4.78, 5) is 38.5. The molecule has 5 atom stereocenters. The van der Waals surface area contributed by atoms with Gasteiger partial charge in [0.2, 0.25) is 0 Å². The molecule has 0 radical (unpaired) electrons. The molecule has 6 rings (SSSR count). The Bertz CT molecular complexity index is 1620. The minimum atomic E-state index is -1.37. The maximum atomic E-state index is 13.2. The molecule has 0 spiro atoms. The first kappa shape index (κ1) is 28.6. The number of imidazole rings is 1. The lowest BCUT2D eigenvalue weighted by Gasteiger charge is -2.17. The Hall–Kier alpha value is -4.55. The molecule has 2 aliphatic rings. The minimum Gasteiger partial charge on any atom is -0.465 e. The third-order valence-corrected chi connectivity index (χ3v) is 7.30. The maximum Gasteiger partial charge on any atom is 0.337 e. The van der Waals surface area contributed by atoms with Crippen LogP contribution in [0.15, 0.2) is 30.6 Å². The van der Waals surface area contributed by atoms with Gasteiger partial charge in [0.25, 0.3) is 5.91 Å². The summed E-state index contributed by atoms with van der Waals surface area (Å²) < 4.78 is 17.3. The van der Waals surface area contributed by atoms with E-state index >= 15 is 0 Å². The number of esters is 1. The molecule has 5 heterocycles. The number of amides is 1. The van der Waals surface area contributed by atoms with E-state index in [1.54, 1.807) is 24.3 Å². The Kier molecular flexibility index (Phi) is 7.96. The van der Waals surface area contributed by atoms with Crippen LogP contribution in [0.1, 0.15) is 39.1 Å². The van der Waals surface area contributed by atoms with Crippen LogP contribution in [0, 0.1) is 0 Å². The highest BCUT2D eigenvalue weighted by Crippen LogP contribution is 2.33. The average Bonchev–Trinajstić information content (AvgIpc) is 3.84. The molecule has 17 heteroatoms. The predicted molar refractivity (Wildman–Crippen MR) is 146 cm³/mol. The van der Waals surface area contributed by atoms with Crippen molar-refractivity contribution in [2.75, 3.05) is 32.2 Å². The van der Waals surface area contributed by atoms with Gasteiger partial charge in [-0.15, -0.1) is 5.10 Å². The zero-order chi connectivity index (χ0) is 30.1. The third kappa shape index (κ3) is 5.51. The highest BCUT2D eigenvalue weighted by molar-refractivity contribution is 5.97. The topological polar surface area (TPSA) is 232 Å². The van der Waals surface area contributed by atoms with Gasteiger partial charge in [-0.2, -0.15) is 0 Å². The maximum absolute atomic E-state index is 13.2. The van der Waals surface area contributed by atoms with Gasteiger partial charge >= 0.3 is 5.97 Å². The first-order valence-electron chi connectivity index (χ1n) is 13.5. The summed E-state index contributed by atoms with van der Waals surface area (Å²) in [7, 11) is 1.30. The number of fused-ring (bicyclic) bond motifs is 1. The van der Waals surface area contributed by atoms with Crippen LogP contribution >= 0.6 is 0 Å². The second-order valence-electron chi connectivity index (χ2n) is 10.1. The van der Waals surface area contributed by atoms with Gasteiger partial charge in [-0.05, 0) is 24.1 Å². The number of rotatable bonds is 9. The van der Waals surface area contributed by atoms with E-state index in [9.17, 15) is 24.9 Å². The number of aliphatic hydroxyl groups is 3. The first-order valence-corrected chi connectivity index (χ1v) is 13.5. The summed E-state index contributed by atoms with van der Waals surface area (Å²) in [5.74, 6) is -0.623. The van der Waals surface area contributed by atoms with Crippen molar-refractivity contribution in [3.63, 3.8) is 0 Å². The smallest absolute Gasteiger partial charge is 0.337 e. The number of aromatic amines is 1.